The number of hydrogen-bond acceptors (Lipinski definition) is 7. The Morgan fingerprint density at radius 3 is 2.27 bits per heavy atom. The number of nitrogen functional groups attached to an aromatic ring is 1. The van der Waals surface area contributed by atoms with Crippen molar-refractivity contribution in [3.05, 3.63) is 48.0 Å². The normalized spacial score (nSPS) is 10.6. The standard InChI is InChI=1S/C19H28N4O3/c20-16-5-6-17(21-7-10-24)15(13-16)14-22-18-3-1-2-4-19(18)23(8-11-25)9-12-26/h1-6,13,21-22,24-26H,7-12,14,20H2. The molecule has 0 spiro atoms. The number of nitrogens with one attached hydrogen (secondary N) is 2. The largest absolute Gasteiger partial charge is 0.399 e. The van der Waals surface area contributed by atoms with Crippen LogP contribution in [0.15, 0.2) is 42.5 Å². The van der Waals surface area contributed by atoms with Crippen molar-refractivity contribution in [2.45, 2.75) is 6.54 Å². The number of benzene rings is 2. The second-order valence-electron chi connectivity index (χ2n) is 5.87. The number of anilines is 4. The molecule has 7 heteroatoms. The highest BCUT2D eigenvalue weighted by Crippen LogP contribution is 2.27. The third kappa shape index (κ3) is 5.52. The molecule has 0 saturated carbocycles. The zero-order valence-electron chi connectivity index (χ0n) is 14.9. The monoisotopic (exact) mass is 360 g/mol. The maximum Gasteiger partial charge on any atom is 0.0606 e. The van der Waals surface area contributed by atoms with E-state index < -0.39 is 0 Å². The van der Waals surface area contributed by atoms with E-state index in [0.717, 1.165) is 22.6 Å². The molecule has 0 aliphatic carbocycles. The molecule has 142 valence electrons. The molecule has 2 rings (SSSR count). The average Bonchev–Trinajstić information content (AvgIpc) is 2.65. The number of aliphatic hydroxyl groups excluding tert-OH is 3. The number of para-hydroxylation sites is 2. The minimum atomic E-state index is 0.0127. The van der Waals surface area contributed by atoms with Crippen LogP contribution in [0, 0.1) is 0 Å². The van der Waals surface area contributed by atoms with Crippen molar-refractivity contribution in [2.24, 2.45) is 0 Å². The van der Waals surface area contributed by atoms with Crippen LogP contribution < -0.4 is 21.3 Å². The fourth-order valence-electron chi connectivity index (χ4n) is 2.81. The Morgan fingerprint density at radius 1 is 0.846 bits per heavy atom. The molecule has 0 radical (unpaired) electrons. The molecule has 0 aliphatic rings. The van der Waals surface area contributed by atoms with Crippen molar-refractivity contribution in [3.8, 4) is 0 Å². The minimum absolute atomic E-state index is 0.0127. The van der Waals surface area contributed by atoms with Crippen LogP contribution in [0.5, 0.6) is 0 Å². The lowest BCUT2D eigenvalue weighted by Crippen LogP contribution is -2.30. The first-order chi connectivity index (χ1) is 12.7. The zero-order valence-corrected chi connectivity index (χ0v) is 14.9. The first-order valence-electron chi connectivity index (χ1n) is 8.72. The molecule has 0 aliphatic heterocycles. The summed E-state index contributed by atoms with van der Waals surface area (Å²) in [6.07, 6.45) is 0. The highest BCUT2D eigenvalue weighted by atomic mass is 16.3. The summed E-state index contributed by atoms with van der Waals surface area (Å²) in [5, 5.41) is 34.2. The molecule has 0 fully saturated rings. The van der Waals surface area contributed by atoms with Gasteiger partial charge in [-0.05, 0) is 35.9 Å². The predicted octanol–water partition coefficient (Wildman–Crippen LogP) is 1.08. The van der Waals surface area contributed by atoms with Gasteiger partial charge in [0.2, 0.25) is 0 Å². The van der Waals surface area contributed by atoms with Crippen LogP contribution in [-0.4, -0.2) is 54.8 Å². The smallest absolute Gasteiger partial charge is 0.0606 e. The van der Waals surface area contributed by atoms with E-state index in [1.54, 1.807) is 0 Å². The van der Waals surface area contributed by atoms with E-state index in [1.807, 2.05) is 47.4 Å². The van der Waals surface area contributed by atoms with Crippen LogP contribution in [-0.2, 0) is 6.54 Å². The zero-order chi connectivity index (χ0) is 18.8. The van der Waals surface area contributed by atoms with Gasteiger partial charge in [-0.3, -0.25) is 0 Å². The van der Waals surface area contributed by atoms with Crippen LogP contribution in [0.3, 0.4) is 0 Å². The van der Waals surface area contributed by atoms with Gasteiger partial charge in [-0.25, -0.2) is 0 Å². The van der Waals surface area contributed by atoms with E-state index in [0.29, 0.717) is 31.9 Å². The van der Waals surface area contributed by atoms with E-state index in [-0.39, 0.29) is 19.8 Å². The van der Waals surface area contributed by atoms with Gasteiger partial charge in [0, 0.05) is 37.6 Å². The van der Waals surface area contributed by atoms with Gasteiger partial charge in [0.15, 0.2) is 0 Å². The molecule has 0 aromatic heterocycles. The topological polar surface area (TPSA) is 114 Å². The Morgan fingerprint density at radius 2 is 1.58 bits per heavy atom. The van der Waals surface area contributed by atoms with Crippen molar-refractivity contribution in [1.82, 2.24) is 0 Å². The number of aliphatic hydroxyl groups is 3. The van der Waals surface area contributed by atoms with Crippen molar-refractivity contribution in [3.63, 3.8) is 0 Å². The van der Waals surface area contributed by atoms with E-state index in [1.165, 1.54) is 0 Å². The first-order valence-corrected chi connectivity index (χ1v) is 8.72. The first kappa shape index (κ1) is 19.8. The fraction of sp³-hybridized carbons (Fsp3) is 0.368. The third-order valence-electron chi connectivity index (χ3n) is 4.01. The average molecular weight is 360 g/mol. The quantitative estimate of drug-likeness (QED) is 0.332. The Balaban J connectivity index is 2.18. The third-order valence-corrected chi connectivity index (χ3v) is 4.01. The number of nitrogens with two attached hydrogens (primary N) is 1. The summed E-state index contributed by atoms with van der Waals surface area (Å²) >= 11 is 0. The summed E-state index contributed by atoms with van der Waals surface area (Å²) in [4.78, 5) is 1.94. The Kier molecular flexibility index (Phi) is 8.01. The number of rotatable bonds is 11. The van der Waals surface area contributed by atoms with Gasteiger partial charge >= 0.3 is 0 Å². The van der Waals surface area contributed by atoms with Crippen molar-refractivity contribution < 1.29 is 15.3 Å². The molecule has 0 amide bonds. The van der Waals surface area contributed by atoms with Crippen LogP contribution in [0.4, 0.5) is 22.7 Å². The summed E-state index contributed by atoms with van der Waals surface area (Å²) in [7, 11) is 0. The molecule has 2 aromatic rings. The Hall–Kier alpha value is -2.48. The van der Waals surface area contributed by atoms with Crippen LogP contribution >= 0.6 is 0 Å². The second kappa shape index (κ2) is 10.5. The summed E-state index contributed by atoms with van der Waals surface area (Å²) in [6.45, 7) is 1.98. The van der Waals surface area contributed by atoms with Crippen LogP contribution in [0.2, 0.25) is 0 Å². The number of hydrogen-bond donors (Lipinski definition) is 6. The molecule has 0 saturated heterocycles. The number of nitrogens with zero attached hydrogens (tertiary/aromatic N) is 1. The lowest BCUT2D eigenvalue weighted by Gasteiger charge is -2.26. The van der Waals surface area contributed by atoms with Gasteiger partial charge in [-0.2, -0.15) is 0 Å². The van der Waals surface area contributed by atoms with Gasteiger partial charge in [-0.1, -0.05) is 12.1 Å². The maximum absolute atomic E-state index is 9.29. The predicted molar refractivity (Wildman–Crippen MR) is 107 cm³/mol. The SMILES string of the molecule is Nc1ccc(NCCO)c(CNc2ccccc2N(CCO)CCO)c1. The summed E-state index contributed by atoms with van der Waals surface area (Å²) < 4.78 is 0. The minimum Gasteiger partial charge on any atom is -0.399 e. The molecule has 2 aromatic carbocycles. The van der Waals surface area contributed by atoms with Crippen LogP contribution in [0.25, 0.3) is 0 Å². The maximum atomic E-state index is 9.29. The molecule has 7 nitrogen and oxygen atoms in total. The van der Waals surface area contributed by atoms with E-state index >= 15 is 0 Å². The molecular formula is C19H28N4O3. The molecular weight excluding hydrogens is 332 g/mol. The van der Waals surface area contributed by atoms with E-state index in [2.05, 4.69) is 10.6 Å². The summed E-state index contributed by atoms with van der Waals surface area (Å²) in [5.41, 5.74) is 10.3. The molecule has 0 bridgehead atoms. The lowest BCUT2D eigenvalue weighted by atomic mass is 10.1. The summed E-state index contributed by atoms with van der Waals surface area (Å²) in [5.74, 6) is 0. The van der Waals surface area contributed by atoms with Gasteiger partial charge < -0.3 is 36.6 Å². The highest BCUT2D eigenvalue weighted by Gasteiger charge is 2.11. The van der Waals surface area contributed by atoms with Crippen molar-refractivity contribution >= 4 is 22.7 Å². The van der Waals surface area contributed by atoms with Crippen molar-refractivity contribution in [2.75, 3.05) is 60.7 Å². The van der Waals surface area contributed by atoms with Crippen LogP contribution in [0.1, 0.15) is 5.56 Å². The second-order valence-corrected chi connectivity index (χ2v) is 5.87. The van der Waals surface area contributed by atoms with Gasteiger partial charge in [0.05, 0.1) is 31.2 Å². The van der Waals surface area contributed by atoms with Gasteiger partial charge in [-0.15, -0.1) is 0 Å². The van der Waals surface area contributed by atoms with E-state index in [4.69, 9.17) is 10.8 Å². The van der Waals surface area contributed by atoms with Gasteiger partial charge in [0.25, 0.3) is 0 Å². The summed E-state index contributed by atoms with van der Waals surface area (Å²) in [6, 6.07) is 13.4. The Bertz CT molecular complexity index is 676. The molecule has 26 heavy (non-hydrogen) atoms. The molecule has 0 heterocycles. The van der Waals surface area contributed by atoms with Crippen molar-refractivity contribution in [1.29, 1.82) is 0 Å². The Labute approximate surface area is 154 Å². The molecule has 7 N–H and O–H groups in total. The highest BCUT2D eigenvalue weighted by molar-refractivity contribution is 5.70. The van der Waals surface area contributed by atoms with E-state index in [9.17, 15) is 10.2 Å². The molecule has 0 unspecified atom stereocenters. The fourth-order valence-corrected chi connectivity index (χ4v) is 2.81. The van der Waals surface area contributed by atoms with Gasteiger partial charge in [0.1, 0.15) is 0 Å². The molecule has 0 atom stereocenters. The lowest BCUT2D eigenvalue weighted by molar-refractivity contribution is 0.281.